The van der Waals surface area contributed by atoms with Crippen LogP contribution in [-0.2, 0) is 0 Å². The minimum Gasteiger partial charge on any atom is -0.318 e. The number of aromatic nitrogens is 3. The van der Waals surface area contributed by atoms with Gasteiger partial charge in [0, 0.05) is 4.47 Å². The van der Waals surface area contributed by atoms with E-state index in [4.69, 9.17) is 0 Å². The van der Waals surface area contributed by atoms with Gasteiger partial charge in [-0.05, 0) is 28.1 Å². The van der Waals surface area contributed by atoms with E-state index in [0.717, 1.165) is 4.47 Å². The van der Waals surface area contributed by atoms with Crippen LogP contribution in [0, 0.1) is 0 Å². The lowest BCUT2D eigenvalue weighted by molar-refractivity contribution is 0.101. The second-order valence-corrected chi connectivity index (χ2v) is 3.62. The topological polar surface area (TPSA) is 70.7 Å². The number of carbonyl (C=O) groups is 1. The Hall–Kier alpha value is -1.69. The Morgan fingerprint density at radius 1 is 1.40 bits per heavy atom. The molecule has 1 heterocycles. The summed E-state index contributed by atoms with van der Waals surface area (Å²) in [6.45, 7) is 0. The quantitative estimate of drug-likeness (QED) is 0.871. The number of aromatic amines is 1. The fourth-order valence-electron chi connectivity index (χ4n) is 1.06. The largest absolute Gasteiger partial charge is 0.318 e. The summed E-state index contributed by atoms with van der Waals surface area (Å²) in [4.78, 5) is 15.3. The van der Waals surface area contributed by atoms with Gasteiger partial charge in [0.25, 0.3) is 5.91 Å². The third kappa shape index (κ3) is 2.21. The third-order valence-corrected chi connectivity index (χ3v) is 2.44. The van der Waals surface area contributed by atoms with E-state index < -0.39 is 0 Å². The number of para-hydroxylation sites is 1. The average Bonchev–Trinajstić information content (AvgIpc) is 2.74. The monoisotopic (exact) mass is 266 g/mol. The Morgan fingerprint density at radius 3 is 2.87 bits per heavy atom. The summed E-state index contributed by atoms with van der Waals surface area (Å²) >= 11 is 3.33. The van der Waals surface area contributed by atoms with Gasteiger partial charge in [-0.1, -0.05) is 12.1 Å². The molecule has 0 spiro atoms. The number of H-pyrrole nitrogens is 1. The minimum absolute atomic E-state index is 0.186. The van der Waals surface area contributed by atoms with E-state index in [1.165, 1.54) is 6.33 Å². The van der Waals surface area contributed by atoms with Crippen LogP contribution in [0.2, 0.25) is 0 Å². The van der Waals surface area contributed by atoms with Crippen molar-refractivity contribution in [2.24, 2.45) is 0 Å². The smallest absolute Gasteiger partial charge is 0.293 e. The van der Waals surface area contributed by atoms with Crippen molar-refractivity contribution in [2.45, 2.75) is 0 Å². The SMILES string of the molecule is O=C(Nc1ccccc1Br)c1ncn[nH]1. The molecule has 1 aromatic carbocycles. The number of rotatable bonds is 2. The summed E-state index contributed by atoms with van der Waals surface area (Å²) < 4.78 is 0.817. The van der Waals surface area contributed by atoms with Crippen molar-refractivity contribution in [3.8, 4) is 0 Å². The predicted molar refractivity (Wildman–Crippen MR) is 58.5 cm³/mol. The summed E-state index contributed by atoms with van der Waals surface area (Å²) in [5.74, 6) is -0.134. The minimum atomic E-state index is -0.320. The van der Waals surface area contributed by atoms with Gasteiger partial charge in [0.2, 0.25) is 5.82 Å². The number of carbonyl (C=O) groups excluding carboxylic acids is 1. The van der Waals surface area contributed by atoms with Gasteiger partial charge >= 0.3 is 0 Å². The van der Waals surface area contributed by atoms with Crippen molar-refractivity contribution in [1.29, 1.82) is 0 Å². The van der Waals surface area contributed by atoms with E-state index >= 15 is 0 Å². The van der Waals surface area contributed by atoms with Crippen LogP contribution >= 0.6 is 15.9 Å². The van der Waals surface area contributed by atoms with Crippen molar-refractivity contribution in [1.82, 2.24) is 15.2 Å². The van der Waals surface area contributed by atoms with Crippen LogP contribution in [0.1, 0.15) is 10.6 Å². The highest BCUT2D eigenvalue weighted by molar-refractivity contribution is 9.10. The summed E-state index contributed by atoms with van der Waals surface area (Å²) in [6, 6.07) is 7.34. The number of hydrogen-bond acceptors (Lipinski definition) is 3. The molecule has 1 aromatic heterocycles. The Kier molecular flexibility index (Phi) is 2.77. The van der Waals surface area contributed by atoms with Gasteiger partial charge in [0.1, 0.15) is 6.33 Å². The molecular formula is C9H7BrN4O. The molecule has 2 aromatic rings. The second kappa shape index (κ2) is 4.22. The van der Waals surface area contributed by atoms with Gasteiger partial charge in [-0.25, -0.2) is 4.98 Å². The fraction of sp³-hybridized carbons (Fsp3) is 0. The number of hydrogen-bond donors (Lipinski definition) is 2. The zero-order valence-electron chi connectivity index (χ0n) is 7.57. The van der Waals surface area contributed by atoms with Crippen LogP contribution in [0.5, 0.6) is 0 Å². The Bertz CT molecular complexity index is 469. The Morgan fingerprint density at radius 2 is 2.20 bits per heavy atom. The fourth-order valence-corrected chi connectivity index (χ4v) is 1.44. The lowest BCUT2D eigenvalue weighted by Crippen LogP contribution is -2.13. The molecule has 0 bridgehead atoms. The van der Waals surface area contributed by atoms with E-state index in [0.29, 0.717) is 5.69 Å². The molecule has 0 aliphatic rings. The average molecular weight is 267 g/mol. The van der Waals surface area contributed by atoms with Gasteiger partial charge in [-0.2, -0.15) is 5.10 Å². The summed E-state index contributed by atoms with van der Waals surface area (Å²) in [5, 5.41) is 8.78. The van der Waals surface area contributed by atoms with Gasteiger partial charge in [0.05, 0.1) is 5.69 Å². The molecule has 0 radical (unpaired) electrons. The molecule has 6 heteroatoms. The number of nitrogens with one attached hydrogen (secondary N) is 2. The molecule has 2 N–H and O–H groups in total. The van der Waals surface area contributed by atoms with Gasteiger partial charge in [0.15, 0.2) is 0 Å². The van der Waals surface area contributed by atoms with Crippen LogP contribution in [-0.4, -0.2) is 21.1 Å². The zero-order chi connectivity index (χ0) is 10.7. The Labute approximate surface area is 94.0 Å². The van der Waals surface area contributed by atoms with Crippen LogP contribution in [0.25, 0.3) is 0 Å². The highest BCUT2D eigenvalue weighted by atomic mass is 79.9. The summed E-state index contributed by atoms with van der Waals surface area (Å²) in [5.41, 5.74) is 0.693. The van der Waals surface area contributed by atoms with Crippen molar-refractivity contribution in [3.63, 3.8) is 0 Å². The van der Waals surface area contributed by atoms with E-state index in [1.54, 1.807) is 6.07 Å². The van der Waals surface area contributed by atoms with Gasteiger partial charge in [-0.3, -0.25) is 9.89 Å². The van der Waals surface area contributed by atoms with Crippen LogP contribution in [0.4, 0.5) is 5.69 Å². The van der Waals surface area contributed by atoms with Gasteiger partial charge < -0.3 is 5.32 Å². The highest BCUT2D eigenvalue weighted by Gasteiger charge is 2.09. The standard InChI is InChI=1S/C9H7BrN4O/c10-6-3-1-2-4-7(6)13-9(15)8-11-5-12-14-8/h1-5H,(H,13,15)(H,11,12,14). The number of nitrogens with zero attached hydrogens (tertiary/aromatic N) is 2. The second-order valence-electron chi connectivity index (χ2n) is 2.77. The maximum absolute atomic E-state index is 11.6. The molecule has 0 saturated heterocycles. The molecule has 0 unspecified atom stereocenters. The zero-order valence-corrected chi connectivity index (χ0v) is 9.15. The summed E-state index contributed by atoms with van der Waals surface area (Å²) in [7, 11) is 0. The van der Waals surface area contributed by atoms with Crippen molar-refractivity contribution >= 4 is 27.5 Å². The Balaban J connectivity index is 2.17. The molecular weight excluding hydrogens is 260 g/mol. The lowest BCUT2D eigenvalue weighted by Gasteiger charge is -2.04. The third-order valence-electron chi connectivity index (χ3n) is 1.75. The molecule has 76 valence electrons. The van der Waals surface area contributed by atoms with E-state index in [-0.39, 0.29) is 11.7 Å². The van der Waals surface area contributed by atoms with E-state index in [2.05, 4.69) is 36.4 Å². The van der Waals surface area contributed by atoms with Crippen LogP contribution < -0.4 is 5.32 Å². The number of amides is 1. The van der Waals surface area contributed by atoms with Crippen LogP contribution in [0.3, 0.4) is 0 Å². The molecule has 0 aliphatic heterocycles. The van der Waals surface area contributed by atoms with Crippen molar-refractivity contribution in [2.75, 3.05) is 5.32 Å². The molecule has 0 saturated carbocycles. The molecule has 0 fully saturated rings. The van der Waals surface area contributed by atoms with E-state index in [9.17, 15) is 4.79 Å². The molecule has 2 rings (SSSR count). The molecule has 5 nitrogen and oxygen atoms in total. The molecule has 0 atom stereocenters. The van der Waals surface area contributed by atoms with Gasteiger partial charge in [-0.15, -0.1) is 0 Å². The van der Waals surface area contributed by atoms with E-state index in [1.807, 2.05) is 18.2 Å². The molecule has 1 amide bonds. The maximum Gasteiger partial charge on any atom is 0.293 e. The first-order valence-electron chi connectivity index (χ1n) is 4.18. The first-order chi connectivity index (χ1) is 7.27. The lowest BCUT2D eigenvalue weighted by atomic mass is 10.3. The highest BCUT2D eigenvalue weighted by Crippen LogP contribution is 2.21. The summed E-state index contributed by atoms with van der Waals surface area (Å²) in [6.07, 6.45) is 1.29. The normalized spacial score (nSPS) is 9.93. The van der Waals surface area contributed by atoms with Crippen molar-refractivity contribution in [3.05, 3.63) is 40.9 Å². The molecule has 15 heavy (non-hydrogen) atoms. The van der Waals surface area contributed by atoms with Crippen molar-refractivity contribution < 1.29 is 4.79 Å². The first-order valence-corrected chi connectivity index (χ1v) is 4.98. The number of anilines is 1. The number of halogens is 1. The number of benzene rings is 1. The van der Waals surface area contributed by atoms with Crippen LogP contribution in [0.15, 0.2) is 35.1 Å². The molecule has 0 aliphatic carbocycles. The first kappa shape index (κ1) is 9.85. The maximum atomic E-state index is 11.6. The predicted octanol–water partition coefficient (Wildman–Crippen LogP) is 1.82.